The fraction of sp³-hybridized carbons (Fsp3) is 0.375. The van der Waals surface area contributed by atoms with Crippen LogP contribution in [0, 0.1) is 26.6 Å². The normalized spacial score (nSPS) is 12.3. The molecule has 21 heavy (non-hydrogen) atoms. The van der Waals surface area contributed by atoms with Crippen LogP contribution in [-0.2, 0) is 9.53 Å². The van der Waals surface area contributed by atoms with Crippen LogP contribution >= 0.6 is 0 Å². The van der Waals surface area contributed by atoms with Crippen molar-refractivity contribution < 1.29 is 13.9 Å². The molecule has 1 heterocycles. The van der Waals surface area contributed by atoms with Crippen LogP contribution in [-0.4, -0.2) is 22.9 Å². The number of halogens is 1. The molecule has 1 atom stereocenters. The zero-order valence-electron chi connectivity index (χ0n) is 12.9. The molecule has 0 fully saturated rings. The van der Waals surface area contributed by atoms with Crippen LogP contribution in [0.2, 0.25) is 0 Å². The number of rotatable bonds is 3. The monoisotopic (exact) mass is 290 g/mol. The lowest BCUT2D eigenvalue weighted by molar-refractivity contribution is -0.142. The number of aromatic nitrogens is 2. The molecule has 0 bridgehead atoms. The average molecular weight is 290 g/mol. The van der Waals surface area contributed by atoms with Gasteiger partial charge in [-0.2, -0.15) is 5.10 Å². The highest BCUT2D eigenvalue weighted by atomic mass is 19.1. The van der Waals surface area contributed by atoms with Gasteiger partial charge in [-0.1, -0.05) is 0 Å². The predicted octanol–water partition coefficient (Wildman–Crippen LogP) is 3.21. The van der Waals surface area contributed by atoms with Crippen LogP contribution < -0.4 is 0 Å². The van der Waals surface area contributed by atoms with Crippen LogP contribution in [0.25, 0.3) is 5.69 Å². The number of ether oxygens (including phenoxy) is 1. The minimum Gasteiger partial charge on any atom is -0.469 e. The Kier molecular flexibility index (Phi) is 4.11. The Morgan fingerprint density at radius 1 is 1.33 bits per heavy atom. The van der Waals surface area contributed by atoms with Gasteiger partial charge < -0.3 is 4.74 Å². The van der Waals surface area contributed by atoms with E-state index in [1.54, 1.807) is 17.7 Å². The van der Waals surface area contributed by atoms with Crippen molar-refractivity contribution in [2.24, 2.45) is 0 Å². The van der Waals surface area contributed by atoms with E-state index >= 15 is 0 Å². The van der Waals surface area contributed by atoms with Crippen molar-refractivity contribution in [2.75, 3.05) is 7.11 Å². The molecule has 0 saturated carbocycles. The maximum atomic E-state index is 13.2. The Morgan fingerprint density at radius 3 is 2.57 bits per heavy atom. The Balaban J connectivity index is 2.55. The third-order valence-electron chi connectivity index (χ3n) is 3.72. The molecule has 0 saturated heterocycles. The number of aryl methyl sites for hydroxylation is 2. The molecule has 112 valence electrons. The molecule has 2 aromatic rings. The van der Waals surface area contributed by atoms with E-state index in [1.807, 2.05) is 20.8 Å². The van der Waals surface area contributed by atoms with Crippen molar-refractivity contribution in [1.29, 1.82) is 0 Å². The number of carbonyl (C=O) groups excluding carboxylic acids is 1. The summed E-state index contributed by atoms with van der Waals surface area (Å²) in [5, 5.41) is 4.50. The van der Waals surface area contributed by atoms with Gasteiger partial charge >= 0.3 is 5.97 Å². The lowest BCUT2D eigenvalue weighted by Gasteiger charge is -2.11. The maximum Gasteiger partial charge on any atom is 0.312 e. The first-order chi connectivity index (χ1) is 9.86. The number of methoxy groups -OCH3 is 1. The second-order valence-corrected chi connectivity index (χ2v) is 5.17. The number of nitrogens with zero attached hydrogens (tertiary/aromatic N) is 2. The zero-order valence-corrected chi connectivity index (χ0v) is 12.9. The van der Waals surface area contributed by atoms with E-state index in [0.717, 1.165) is 28.2 Å². The van der Waals surface area contributed by atoms with E-state index in [4.69, 9.17) is 4.74 Å². The van der Waals surface area contributed by atoms with Gasteiger partial charge in [0.15, 0.2) is 0 Å². The molecular formula is C16H19FN2O2. The highest BCUT2D eigenvalue weighted by molar-refractivity contribution is 5.78. The number of esters is 1. The third-order valence-corrected chi connectivity index (χ3v) is 3.72. The molecular weight excluding hydrogens is 271 g/mol. The summed E-state index contributed by atoms with van der Waals surface area (Å²) in [5.41, 5.74) is 4.08. The first kappa shape index (κ1) is 15.2. The van der Waals surface area contributed by atoms with Crippen molar-refractivity contribution in [1.82, 2.24) is 9.78 Å². The molecule has 0 aliphatic heterocycles. The molecule has 0 spiro atoms. The third kappa shape index (κ3) is 2.68. The van der Waals surface area contributed by atoms with Gasteiger partial charge in [0.25, 0.3) is 0 Å². The molecule has 0 amide bonds. The minimum atomic E-state index is -0.385. The molecule has 4 nitrogen and oxygen atoms in total. The summed E-state index contributed by atoms with van der Waals surface area (Å²) < 4.78 is 19.8. The van der Waals surface area contributed by atoms with E-state index in [1.165, 1.54) is 19.2 Å². The average Bonchev–Trinajstić information content (AvgIpc) is 2.72. The number of benzene rings is 1. The first-order valence-corrected chi connectivity index (χ1v) is 6.77. The Labute approximate surface area is 123 Å². The van der Waals surface area contributed by atoms with Gasteiger partial charge in [0, 0.05) is 11.3 Å². The second kappa shape index (κ2) is 5.68. The van der Waals surface area contributed by atoms with Gasteiger partial charge in [0.1, 0.15) is 5.82 Å². The van der Waals surface area contributed by atoms with Crippen molar-refractivity contribution in [3.8, 4) is 5.69 Å². The van der Waals surface area contributed by atoms with Crippen LogP contribution in [0.15, 0.2) is 18.2 Å². The molecule has 1 aromatic heterocycles. The molecule has 0 aliphatic rings. The zero-order chi connectivity index (χ0) is 15.7. The highest BCUT2D eigenvalue weighted by Gasteiger charge is 2.24. The van der Waals surface area contributed by atoms with Gasteiger partial charge in [-0.05, 0) is 51.5 Å². The second-order valence-electron chi connectivity index (χ2n) is 5.17. The van der Waals surface area contributed by atoms with Crippen LogP contribution in [0.5, 0.6) is 0 Å². The molecule has 0 aliphatic carbocycles. The van der Waals surface area contributed by atoms with Crippen LogP contribution in [0.3, 0.4) is 0 Å². The van der Waals surface area contributed by atoms with Gasteiger partial charge in [0.05, 0.1) is 24.4 Å². The standard InChI is InChI=1S/C16H19FN2O2/c1-9-8-13(17)6-7-14(9)19-12(4)15(11(3)18-19)10(2)16(20)21-5/h6-8,10H,1-5H3. The Bertz CT molecular complexity index is 692. The maximum absolute atomic E-state index is 13.2. The summed E-state index contributed by atoms with van der Waals surface area (Å²) >= 11 is 0. The van der Waals surface area contributed by atoms with Crippen molar-refractivity contribution in [2.45, 2.75) is 33.6 Å². The summed E-state index contributed by atoms with van der Waals surface area (Å²) in [5.74, 6) is -0.956. The highest BCUT2D eigenvalue weighted by Crippen LogP contribution is 2.27. The smallest absolute Gasteiger partial charge is 0.312 e. The molecule has 1 aromatic carbocycles. The Hall–Kier alpha value is -2.17. The lowest BCUT2D eigenvalue weighted by atomic mass is 9.99. The molecule has 1 unspecified atom stereocenters. The fourth-order valence-electron chi connectivity index (χ4n) is 2.67. The molecule has 0 radical (unpaired) electrons. The van der Waals surface area contributed by atoms with Gasteiger partial charge in [-0.3, -0.25) is 4.79 Å². The summed E-state index contributed by atoms with van der Waals surface area (Å²) in [6.45, 7) is 7.39. The van der Waals surface area contributed by atoms with Gasteiger partial charge in [-0.15, -0.1) is 0 Å². The predicted molar refractivity (Wildman–Crippen MR) is 78.2 cm³/mol. The topological polar surface area (TPSA) is 44.1 Å². The molecule has 5 heteroatoms. The van der Waals surface area contributed by atoms with E-state index in [-0.39, 0.29) is 17.7 Å². The molecule has 2 rings (SSSR count). The van der Waals surface area contributed by atoms with E-state index in [2.05, 4.69) is 5.10 Å². The van der Waals surface area contributed by atoms with E-state index < -0.39 is 0 Å². The summed E-state index contributed by atoms with van der Waals surface area (Å²) in [6, 6.07) is 4.56. The Morgan fingerprint density at radius 2 is 2.00 bits per heavy atom. The summed E-state index contributed by atoms with van der Waals surface area (Å²) in [7, 11) is 1.37. The van der Waals surface area contributed by atoms with Gasteiger partial charge in [0.2, 0.25) is 0 Å². The summed E-state index contributed by atoms with van der Waals surface area (Å²) in [6.07, 6.45) is 0. The minimum absolute atomic E-state index is 0.277. The number of carbonyl (C=O) groups is 1. The van der Waals surface area contributed by atoms with E-state index in [9.17, 15) is 9.18 Å². The van der Waals surface area contributed by atoms with Gasteiger partial charge in [-0.25, -0.2) is 9.07 Å². The number of hydrogen-bond donors (Lipinski definition) is 0. The largest absolute Gasteiger partial charge is 0.469 e. The number of hydrogen-bond acceptors (Lipinski definition) is 3. The first-order valence-electron chi connectivity index (χ1n) is 6.77. The van der Waals surface area contributed by atoms with Crippen molar-refractivity contribution in [3.63, 3.8) is 0 Å². The van der Waals surface area contributed by atoms with Crippen molar-refractivity contribution >= 4 is 5.97 Å². The van der Waals surface area contributed by atoms with E-state index in [0.29, 0.717) is 0 Å². The fourth-order valence-corrected chi connectivity index (χ4v) is 2.67. The van der Waals surface area contributed by atoms with Crippen LogP contribution in [0.1, 0.15) is 35.4 Å². The quantitative estimate of drug-likeness (QED) is 0.815. The molecule has 0 N–H and O–H groups in total. The van der Waals surface area contributed by atoms with Crippen LogP contribution in [0.4, 0.5) is 4.39 Å². The summed E-state index contributed by atoms with van der Waals surface area (Å²) in [4.78, 5) is 11.8. The SMILES string of the molecule is COC(=O)C(C)c1c(C)nn(-c2ccc(F)cc2C)c1C. The lowest BCUT2D eigenvalue weighted by Crippen LogP contribution is -2.12. The van der Waals surface area contributed by atoms with Crippen molar-refractivity contribution in [3.05, 3.63) is 46.5 Å².